The van der Waals surface area contributed by atoms with Crippen LogP contribution < -0.4 is 0 Å². The molecule has 96 valence electrons. The number of benzene rings is 1. The van der Waals surface area contributed by atoms with E-state index in [1.807, 2.05) is 13.1 Å². The molecule has 4 heteroatoms. The molecule has 1 nitrogen and oxygen atoms in total. The molecule has 0 aliphatic heterocycles. The van der Waals surface area contributed by atoms with Crippen LogP contribution in [0.15, 0.2) is 22.7 Å². The Morgan fingerprint density at radius 2 is 1.94 bits per heavy atom. The maximum atomic E-state index is 10.3. The Morgan fingerprint density at radius 1 is 1.35 bits per heavy atom. The van der Waals surface area contributed by atoms with Gasteiger partial charge in [-0.25, -0.2) is 0 Å². The number of hydrogen-bond donors (Lipinski definition) is 1. The highest BCUT2D eigenvalue weighted by molar-refractivity contribution is 14.1. The van der Waals surface area contributed by atoms with Gasteiger partial charge in [-0.1, -0.05) is 29.8 Å². The van der Waals surface area contributed by atoms with Crippen LogP contribution in [0, 0.1) is 3.57 Å². The summed E-state index contributed by atoms with van der Waals surface area (Å²) >= 11 is 5.89. The number of hydrogen-bond acceptors (Lipinski definition) is 1. The zero-order valence-corrected chi connectivity index (χ0v) is 15.6. The summed E-state index contributed by atoms with van der Waals surface area (Å²) < 4.78 is 2.44. The monoisotopic (exact) mass is 426 g/mol. The summed E-state index contributed by atoms with van der Waals surface area (Å²) in [6.07, 6.45) is 2.07. The van der Waals surface area contributed by atoms with Gasteiger partial charge in [0, 0.05) is 8.04 Å². The van der Waals surface area contributed by atoms with Crippen LogP contribution in [0.3, 0.4) is 0 Å². The quantitative estimate of drug-likeness (QED) is 0.532. The first-order valence-electron chi connectivity index (χ1n) is 5.80. The van der Waals surface area contributed by atoms with E-state index in [0.717, 1.165) is 17.3 Å². The molecule has 0 aromatic heterocycles. The van der Waals surface area contributed by atoms with Gasteiger partial charge in [-0.15, -0.1) is 0 Å². The molecule has 0 fully saturated rings. The van der Waals surface area contributed by atoms with Crippen LogP contribution in [0.2, 0.25) is 18.1 Å². The molecule has 0 saturated carbocycles. The van der Waals surface area contributed by atoms with E-state index in [-0.39, 0.29) is 5.04 Å². The van der Waals surface area contributed by atoms with Crippen molar-refractivity contribution in [1.82, 2.24) is 0 Å². The molecule has 1 aromatic rings. The summed E-state index contributed by atoms with van der Waals surface area (Å²) in [5.41, 5.74) is 1.37. The lowest BCUT2D eigenvalue weighted by Crippen LogP contribution is -2.39. The number of halogens is 2. The third kappa shape index (κ3) is 4.33. The van der Waals surface area contributed by atoms with Crippen molar-refractivity contribution in [1.29, 1.82) is 0 Å². The molecule has 1 aromatic carbocycles. The molecule has 0 aliphatic rings. The topological polar surface area (TPSA) is 20.2 Å². The molecule has 0 atom stereocenters. The first-order valence-corrected chi connectivity index (χ1v) is 10.6. The van der Waals surface area contributed by atoms with Crippen molar-refractivity contribution in [2.75, 3.05) is 0 Å². The lowest BCUT2D eigenvalue weighted by atomic mass is 10.0. The van der Waals surface area contributed by atoms with Crippen molar-refractivity contribution < 1.29 is 4.80 Å². The third-order valence-corrected chi connectivity index (χ3v) is 8.79. The molecule has 0 radical (unpaired) electrons. The first-order chi connectivity index (χ1) is 7.63. The summed E-state index contributed by atoms with van der Waals surface area (Å²) in [4.78, 5) is 10.3. The molecule has 0 saturated heterocycles. The molecule has 1 rings (SSSR count). The fourth-order valence-electron chi connectivity index (χ4n) is 1.49. The van der Waals surface area contributed by atoms with E-state index in [2.05, 4.69) is 70.6 Å². The summed E-state index contributed by atoms with van der Waals surface area (Å²) in [7, 11) is -2.08. The highest BCUT2D eigenvalue weighted by Crippen LogP contribution is 2.40. The van der Waals surface area contributed by atoms with Gasteiger partial charge in [-0.2, -0.15) is 0 Å². The van der Waals surface area contributed by atoms with Crippen LogP contribution in [-0.4, -0.2) is 13.1 Å². The van der Waals surface area contributed by atoms with Gasteiger partial charge < -0.3 is 4.80 Å². The van der Waals surface area contributed by atoms with Gasteiger partial charge in [0.05, 0.1) is 0 Å². The molecule has 17 heavy (non-hydrogen) atoms. The second kappa shape index (κ2) is 5.71. The smallest absolute Gasteiger partial charge is 0.188 e. The Balaban J connectivity index is 2.77. The van der Waals surface area contributed by atoms with Crippen molar-refractivity contribution in [3.8, 4) is 0 Å². The second-order valence-corrected chi connectivity index (χ2v) is 12.2. The van der Waals surface area contributed by atoms with Gasteiger partial charge in [0.2, 0.25) is 0 Å². The molecular weight excluding hydrogens is 407 g/mol. The summed E-state index contributed by atoms with van der Waals surface area (Å²) in [6.45, 7) is 8.42. The Labute approximate surface area is 127 Å². The largest absolute Gasteiger partial charge is 0.432 e. The van der Waals surface area contributed by atoms with Crippen molar-refractivity contribution in [2.24, 2.45) is 0 Å². The van der Waals surface area contributed by atoms with Gasteiger partial charge in [-0.3, -0.25) is 0 Å². The lowest BCUT2D eigenvalue weighted by molar-refractivity contribution is 0.451. The van der Waals surface area contributed by atoms with Gasteiger partial charge in [0.1, 0.15) is 0 Å². The number of rotatable bonds is 4. The standard InChI is InChI=1S/C13H20BrIOSi/c1-13(2,17(3,4)16)8-7-10-9-11(14)5-6-12(10)15/h5-6,9,16H,7-8H2,1-4H3. The normalized spacial score (nSPS) is 12.9. The average Bonchev–Trinajstić information content (AvgIpc) is 2.18. The van der Waals surface area contributed by atoms with E-state index in [1.165, 1.54) is 9.13 Å². The predicted octanol–water partition coefficient (Wildman–Crippen LogP) is 4.96. The van der Waals surface area contributed by atoms with Gasteiger partial charge in [0.15, 0.2) is 8.32 Å². The maximum Gasteiger partial charge on any atom is 0.188 e. The average molecular weight is 427 g/mol. The van der Waals surface area contributed by atoms with E-state index >= 15 is 0 Å². The minimum Gasteiger partial charge on any atom is -0.432 e. The van der Waals surface area contributed by atoms with Gasteiger partial charge >= 0.3 is 0 Å². The molecule has 0 amide bonds. The van der Waals surface area contributed by atoms with Crippen molar-refractivity contribution in [3.63, 3.8) is 0 Å². The third-order valence-electron chi connectivity index (χ3n) is 3.68. The summed E-state index contributed by atoms with van der Waals surface area (Å²) in [6, 6.07) is 6.39. The zero-order valence-electron chi connectivity index (χ0n) is 10.8. The van der Waals surface area contributed by atoms with Crippen LogP contribution in [0.5, 0.6) is 0 Å². The van der Waals surface area contributed by atoms with Crippen LogP contribution in [-0.2, 0) is 6.42 Å². The Kier molecular flexibility index (Phi) is 5.26. The molecule has 0 heterocycles. The zero-order chi connectivity index (χ0) is 13.3. The highest BCUT2D eigenvalue weighted by Gasteiger charge is 2.37. The van der Waals surface area contributed by atoms with Gasteiger partial charge in [-0.05, 0) is 77.3 Å². The van der Waals surface area contributed by atoms with E-state index in [1.54, 1.807) is 0 Å². The minimum atomic E-state index is -2.08. The molecule has 0 unspecified atom stereocenters. The fourth-order valence-corrected chi connectivity index (χ4v) is 3.24. The predicted molar refractivity (Wildman–Crippen MR) is 88.9 cm³/mol. The highest BCUT2D eigenvalue weighted by atomic mass is 127. The molecular formula is C13H20BrIOSi. The Hall–Kier alpha value is 0.607. The lowest BCUT2D eigenvalue weighted by Gasteiger charge is -2.35. The number of aryl methyl sites for hydroxylation is 1. The summed E-state index contributed by atoms with van der Waals surface area (Å²) in [5, 5.41) is 0.0540. The first kappa shape index (κ1) is 15.7. The molecule has 0 bridgehead atoms. The second-order valence-electron chi connectivity index (χ2n) is 5.68. The van der Waals surface area contributed by atoms with Crippen LogP contribution in [0.4, 0.5) is 0 Å². The summed E-state index contributed by atoms with van der Waals surface area (Å²) in [5.74, 6) is 0. The van der Waals surface area contributed by atoms with Crippen LogP contribution in [0.25, 0.3) is 0 Å². The van der Waals surface area contributed by atoms with E-state index in [9.17, 15) is 4.80 Å². The van der Waals surface area contributed by atoms with Crippen LogP contribution >= 0.6 is 38.5 Å². The Bertz CT molecular complexity index is 399. The van der Waals surface area contributed by atoms with E-state index in [4.69, 9.17) is 0 Å². The van der Waals surface area contributed by atoms with Crippen molar-refractivity contribution in [3.05, 3.63) is 31.8 Å². The van der Waals surface area contributed by atoms with E-state index < -0.39 is 8.32 Å². The van der Waals surface area contributed by atoms with E-state index in [0.29, 0.717) is 0 Å². The van der Waals surface area contributed by atoms with Crippen LogP contribution in [0.1, 0.15) is 25.8 Å². The van der Waals surface area contributed by atoms with Gasteiger partial charge in [0.25, 0.3) is 0 Å². The molecule has 1 N–H and O–H groups in total. The molecule has 0 spiro atoms. The maximum absolute atomic E-state index is 10.3. The van der Waals surface area contributed by atoms with Crippen molar-refractivity contribution >= 4 is 46.8 Å². The Morgan fingerprint density at radius 3 is 2.47 bits per heavy atom. The fraction of sp³-hybridized carbons (Fsp3) is 0.538. The SMILES string of the molecule is CC(C)(CCc1cc(Br)ccc1I)[Si](C)(C)O. The van der Waals surface area contributed by atoms with Crippen molar-refractivity contribution in [2.45, 2.75) is 44.8 Å². The molecule has 0 aliphatic carbocycles. The minimum absolute atomic E-state index is 0.0540.